The lowest BCUT2D eigenvalue weighted by Gasteiger charge is -2.42. The van der Waals surface area contributed by atoms with Gasteiger partial charge >= 0.3 is 6.18 Å². The number of benzene rings is 2. The van der Waals surface area contributed by atoms with Gasteiger partial charge in [0.25, 0.3) is 0 Å². The number of halogens is 3. The van der Waals surface area contributed by atoms with Gasteiger partial charge in [-0.1, -0.05) is 30.3 Å². The van der Waals surface area contributed by atoms with E-state index in [-0.39, 0.29) is 5.69 Å². The van der Waals surface area contributed by atoms with Crippen LogP contribution in [-0.4, -0.2) is 13.1 Å². The molecule has 1 fully saturated rings. The largest absolute Gasteiger partial charge is 0.416 e. The predicted molar refractivity (Wildman–Crippen MR) is 77.3 cm³/mol. The van der Waals surface area contributed by atoms with Crippen molar-refractivity contribution in [2.75, 3.05) is 23.7 Å². The van der Waals surface area contributed by atoms with Crippen molar-refractivity contribution in [3.05, 3.63) is 59.7 Å². The fourth-order valence-corrected chi connectivity index (χ4v) is 2.63. The topological polar surface area (TPSA) is 29.3 Å². The summed E-state index contributed by atoms with van der Waals surface area (Å²) in [5, 5.41) is 0. The zero-order valence-electron chi connectivity index (χ0n) is 11.3. The van der Waals surface area contributed by atoms with E-state index in [1.54, 1.807) is 0 Å². The quantitative estimate of drug-likeness (QED) is 0.851. The minimum absolute atomic E-state index is 0.177. The molecular formula is C16H15F3N2. The highest BCUT2D eigenvalue weighted by Crippen LogP contribution is 2.38. The third kappa shape index (κ3) is 2.68. The number of anilines is 2. The lowest BCUT2D eigenvalue weighted by molar-refractivity contribution is -0.137. The minimum atomic E-state index is -4.35. The zero-order valence-corrected chi connectivity index (χ0v) is 11.3. The third-order valence-electron chi connectivity index (χ3n) is 3.85. The van der Waals surface area contributed by atoms with Crippen molar-refractivity contribution in [2.24, 2.45) is 0 Å². The Bertz CT molecular complexity index is 632. The van der Waals surface area contributed by atoms with Gasteiger partial charge in [-0.15, -0.1) is 0 Å². The molecule has 0 aliphatic carbocycles. The molecule has 110 valence electrons. The van der Waals surface area contributed by atoms with Crippen LogP contribution in [0, 0.1) is 0 Å². The van der Waals surface area contributed by atoms with Crippen LogP contribution in [-0.2, 0) is 6.18 Å². The molecule has 5 heteroatoms. The van der Waals surface area contributed by atoms with Crippen molar-refractivity contribution in [3.8, 4) is 0 Å². The van der Waals surface area contributed by atoms with E-state index in [0.29, 0.717) is 11.6 Å². The molecule has 21 heavy (non-hydrogen) atoms. The van der Waals surface area contributed by atoms with Gasteiger partial charge < -0.3 is 10.6 Å². The van der Waals surface area contributed by atoms with Gasteiger partial charge in [0, 0.05) is 19.0 Å². The molecule has 3 rings (SSSR count). The Kier molecular flexibility index (Phi) is 3.27. The zero-order chi connectivity index (χ0) is 15.0. The van der Waals surface area contributed by atoms with Gasteiger partial charge in [0.1, 0.15) is 0 Å². The summed E-state index contributed by atoms with van der Waals surface area (Å²) in [5.74, 6) is 0.410. The molecule has 2 nitrogen and oxygen atoms in total. The molecule has 0 atom stereocenters. The summed E-state index contributed by atoms with van der Waals surface area (Å²) < 4.78 is 37.8. The van der Waals surface area contributed by atoms with Gasteiger partial charge in [0.15, 0.2) is 0 Å². The Morgan fingerprint density at radius 2 is 1.67 bits per heavy atom. The predicted octanol–water partition coefficient (Wildman–Crippen LogP) is 3.89. The van der Waals surface area contributed by atoms with E-state index >= 15 is 0 Å². The second-order valence-corrected chi connectivity index (χ2v) is 5.28. The van der Waals surface area contributed by atoms with Crippen LogP contribution in [0.25, 0.3) is 0 Å². The summed E-state index contributed by atoms with van der Waals surface area (Å²) in [5.41, 5.74) is 7.17. The van der Waals surface area contributed by atoms with Crippen LogP contribution in [0.4, 0.5) is 24.5 Å². The van der Waals surface area contributed by atoms with Crippen LogP contribution in [0.5, 0.6) is 0 Å². The fourth-order valence-electron chi connectivity index (χ4n) is 2.63. The summed E-state index contributed by atoms with van der Waals surface area (Å²) >= 11 is 0. The molecular weight excluding hydrogens is 277 g/mol. The lowest BCUT2D eigenvalue weighted by atomic mass is 9.90. The van der Waals surface area contributed by atoms with Gasteiger partial charge in [0.2, 0.25) is 0 Å². The number of rotatable bonds is 2. The van der Waals surface area contributed by atoms with Crippen LogP contribution < -0.4 is 10.6 Å². The van der Waals surface area contributed by atoms with Crippen molar-refractivity contribution in [1.82, 2.24) is 0 Å². The molecule has 2 aromatic carbocycles. The van der Waals surface area contributed by atoms with E-state index < -0.39 is 11.7 Å². The van der Waals surface area contributed by atoms with E-state index in [1.807, 2.05) is 23.1 Å². The molecule has 1 aliphatic heterocycles. The molecule has 1 saturated heterocycles. The van der Waals surface area contributed by atoms with E-state index in [2.05, 4.69) is 12.1 Å². The molecule has 1 heterocycles. The lowest BCUT2D eigenvalue weighted by Crippen LogP contribution is -2.45. The standard InChI is InChI=1S/C16H15F3N2/c17-16(18,19)13-6-7-15(14(20)8-13)21-9-12(10-21)11-4-2-1-3-5-11/h1-8,12H,9-10,20H2. The number of hydrogen-bond acceptors (Lipinski definition) is 2. The molecule has 0 bridgehead atoms. The molecule has 0 amide bonds. The second-order valence-electron chi connectivity index (χ2n) is 5.28. The van der Waals surface area contributed by atoms with Gasteiger partial charge in [-0.25, -0.2) is 0 Å². The maximum Gasteiger partial charge on any atom is 0.416 e. The first kappa shape index (κ1) is 13.8. The average Bonchev–Trinajstić information content (AvgIpc) is 2.39. The van der Waals surface area contributed by atoms with Crippen LogP contribution in [0.3, 0.4) is 0 Å². The Labute approximate surface area is 121 Å². The molecule has 0 unspecified atom stereocenters. The van der Waals surface area contributed by atoms with Crippen LogP contribution in [0.2, 0.25) is 0 Å². The van der Waals surface area contributed by atoms with E-state index in [9.17, 15) is 13.2 Å². The molecule has 0 radical (unpaired) electrons. The Balaban J connectivity index is 1.73. The molecule has 1 aliphatic rings. The summed E-state index contributed by atoms with van der Waals surface area (Å²) in [4.78, 5) is 2.01. The van der Waals surface area contributed by atoms with E-state index in [4.69, 9.17) is 5.73 Å². The Morgan fingerprint density at radius 3 is 2.24 bits per heavy atom. The molecule has 0 aromatic heterocycles. The summed E-state index contributed by atoms with van der Waals surface area (Å²) in [6.45, 7) is 1.55. The SMILES string of the molecule is Nc1cc(C(F)(F)F)ccc1N1CC(c2ccccc2)C1. The first-order valence-electron chi connectivity index (χ1n) is 6.72. The van der Waals surface area contributed by atoms with Crippen LogP contribution >= 0.6 is 0 Å². The molecule has 2 aromatic rings. The number of alkyl halides is 3. The molecule has 0 saturated carbocycles. The highest BCUT2D eigenvalue weighted by atomic mass is 19.4. The van der Waals surface area contributed by atoms with Gasteiger partial charge in [-0.05, 0) is 23.8 Å². The number of nitrogens with two attached hydrogens (primary N) is 1. The monoisotopic (exact) mass is 292 g/mol. The maximum absolute atomic E-state index is 12.6. The molecule has 2 N–H and O–H groups in total. The normalized spacial score (nSPS) is 15.9. The number of nitrogen functional groups attached to an aromatic ring is 1. The summed E-state index contributed by atoms with van der Waals surface area (Å²) in [6.07, 6.45) is -4.35. The summed E-state index contributed by atoms with van der Waals surface area (Å²) in [6, 6.07) is 13.6. The van der Waals surface area contributed by atoms with Gasteiger partial charge in [0.05, 0.1) is 16.9 Å². The van der Waals surface area contributed by atoms with Crippen molar-refractivity contribution in [3.63, 3.8) is 0 Å². The van der Waals surface area contributed by atoms with Gasteiger partial charge in [-0.2, -0.15) is 13.2 Å². The first-order valence-corrected chi connectivity index (χ1v) is 6.72. The highest BCUT2D eigenvalue weighted by Gasteiger charge is 2.33. The van der Waals surface area contributed by atoms with Crippen molar-refractivity contribution in [1.29, 1.82) is 0 Å². The summed E-state index contributed by atoms with van der Waals surface area (Å²) in [7, 11) is 0. The first-order chi connectivity index (χ1) is 9.95. The van der Waals surface area contributed by atoms with E-state index in [0.717, 1.165) is 25.2 Å². The smallest absolute Gasteiger partial charge is 0.397 e. The minimum Gasteiger partial charge on any atom is -0.397 e. The third-order valence-corrected chi connectivity index (χ3v) is 3.85. The Hall–Kier alpha value is -2.17. The maximum atomic E-state index is 12.6. The van der Waals surface area contributed by atoms with Crippen LogP contribution in [0.1, 0.15) is 17.0 Å². The highest BCUT2D eigenvalue weighted by molar-refractivity contribution is 5.70. The number of nitrogens with zero attached hydrogens (tertiary/aromatic N) is 1. The van der Waals surface area contributed by atoms with Crippen molar-refractivity contribution >= 4 is 11.4 Å². The van der Waals surface area contributed by atoms with Crippen molar-refractivity contribution in [2.45, 2.75) is 12.1 Å². The molecule has 0 spiro atoms. The van der Waals surface area contributed by atoms with Crippen LogP contribution in [0.15, 0.2) is 48.5 Å². The fraction of sp³-hybridized carbons (Fsp3) is 0.250. The second kappa shape index (κ2) is 4.98. The number of hydrogen-bond donors (Lipinski definition) is 1. The average molecular weight is 292 g/mol. The Morgan fingerprint density at radius 1 is 1.00 bits per heavy atom. The van der Waals surface area contributed by atoms with Crippen molar-refractivity contribution < 1.29 is 13.2 Å². The van der Waals surface area contributed by atoms with E-state index in [1.165, 1.54) is 11.6 Å². The van der Waals surface area contributed by atoms with Gasteiger partial charge in [-0.3, -0.25) is 0 Å².